The first kappa shape index (κ1) is 36.6. The lowest BCUT2D eigenvalue weighted by molar-refractivity contribution is -0.161. The fraction of sp³-hybridized carbons (Fsp3) is 0.879. The molecule has 0 saturated heterocycles. The molecule has 0 aliphatic carbocycles. The third kappa shape index (κ3) is 27.7. The Hall–Kier alpha value is -1.36. The lowest BCUT2D eigenvalue weighted by Crippen LogP contribution is -2.28. The molecule has 0 aliphatic heterocycles. The van der Waals surface area contributed by atoms with Crippen molar-refractivity contribution < 1.29 is 24.2 Å². The minimum absolute atomic E-state index is 0.0640. The fourth-order valence-corrected chi connectivity index (χ4v) is 4.55. The van der Waals surface area contributed by atoms with Gasteiger partial charge >= 0.3 is 11.9 Å². The smallest absolute Gasteiger partial charge is 0.306 e. The molecule has 0 aromatic rings. The van der Waals surface area contributed by atoms with E-state index in [4.69, 9.17) is 9.47 Å². The van der Waals surface area contributed by atoms with E-state index < -0.39 is 6.10 Å². The van der Waals surface area contributed by atoms with E-state index in [-0.39, 0.29) is 25.2 Å². The summed E-state index contributed by atoms with van der Waals surface area (Å²) in [5.74, 6) is -0.604. The largest absolute Gasteiger partial charge is 0.462 e. The molecule has 0 spiro atoms. The third-order valence-electron chi connectivity index (χ3n) is 7.06. The number of allylic oxidation sites excluding steroid dienone is 2. The number of aliphatic hydroxyl groups excluding tert-OH is 1. The highest BCUT2D eigenvalue weighted by Crippen LogP contribution is 2.13. The van der Waals surface area contributed by atoms with E-state index in [0.717, 1.165) is 38.5 Å². The average molecular weight is 539 g/mol. The molecule has 0 radical (unpaired) electrons. The zero-order valence-electron chi connectivity index (χ0n) is 25.2. The number of unbranched alkanes of at least 4 members (excludes halogenated alkanes) is 19. The van der Waals surface area contributed by atoms with E-state index >= 15 is 0 Å². The van der Waals surface area contributed by atoms with Crippen LogP contribution in [0.4, 0.5) is 0 Å². The summed E-state index contributed by atoms with van der Waals surface area (Å²) in [6.07, 6.45) is 31.5. The molecule has 5 nitrogen and oxygen atoms in total. The van der Waals surface area contributed by atoms with Crippen LogP contribution in [0.25, 0.3) is 0 Å². The van der Waals surface area contributed by atoms with Crippen molar-refractivity contribution in [2.24, 2.45) is 0 Å². The maximum atomic E-state index is 12.0. The van der Waals surface area contributed by atoms with Crippen LogP contribution in [0, 0.1) is 0 Å². The van der Waals surface area contributed by atoms with Gasteiger partial charge in [-0.15, -0.1) is 0 Å². The van der Waals surface area contributed by atoms with Gasteiger partial charge in [-0.1, -0.05) is 129 Å². The predicted octanol–water partition coefficient (Wildman–Crippen LogP) is 9.39. The van der Waals surface area contributed by atoms with Crippen molar-refractivity contribution in [1.29, 1.82) is 0 Å². The van der Waals surface area contributed by atoms with Crippen molar-refractivity contribution in [3.8, 4) is 0 Å². The topological polar surface area (TPSA) is 72.8 Å². The van der Waals surface area contributed by atoms with Gasteiger partial charge in [0.15, 0.2) is 6.10 Å². The van der Waals surface area contributed by atoms with Crippen LogP contribution in [-0.4, -0.2) is 36.4 Å². The average Bonchev–Trinajstić information content (AvgIpc) is 2.92. The minimum Gasteiger partial charge on any atom is -0.462 e. The molecule has 0 aromatic carbocycles. The second kappa shape index (κ2) is 30.2. The molecule has 0 saturated carbocycles. The molecule has 0 amide bonds. The van der Waals surface area contributed by atoms with Crippen molar-refractivity contribution in [3.05, 3.63) is 12.2 Å². The zero-order valence-corrected chi connectivity index (χ0v) is 25.2. The predicted molar refractivity (Wildman–Crippen MR) is 159 cm³/mol. The van der Waals surface area contributed by atoms with E-state index in [0.29, 0.717) is 12.8 Å². The summed E-state index contributed by atoms with van der Waals surface area (Å²) in [6, 6.07) is 0. The molecule has 0 aromatic heterocycles. The van der Waals surface area contributed by atoms with Crippen LogP contribution in [0.15, 0.2) is 12.2 Å². The van der Waals surface area contributed by atoms with Crippen LogP contribution in [0.1, 0.15) is 168 Å². The van der Waals surface area contributed by atoms with Crippen molar-refractivity contribution in [1.82, 2.24) is 0 Å². The number of carbonyl (C=O) groups is 2. The molecule has 0 bridgehead atoms. The quantitative estimate of drug-likeness (QED) is 0.0583. The van der Waals surface area contributed by atoms with Gasteiger partial charge in [-0.2, -0.15) is 0 Å². The van der Waals surface area contributed by atoms with Crippen LogP contribution in [0.5, 0.6) is 0 Å². The van der Waals surface area contributed by atoms with Crippen molar-refractivity contribution >= 4 is 11.9 Å². The molecule has 5 heteroatoms. The summed E-state index contributed by atoms with van der Waals surface area (Å²) in [5, 5.41) is 9.42. The van der Waals surface area contributed by atoms with Crippen LogP contribution in [-0.2, 0) is 19.1 Å². The molecule has 1 atom stereocenters. The van der Waals surface area contributed by atoms with Crippen LogP contribution < -0.4 is 0 Å². The standard InChI is InChI=1S/C33H62O5/c1-3-5-7-9-10-11-12-13-14-15-16-17-18-19-20-21-22-24-26-28-33(36)38-31(29-34)30-37-32(35)27-25-23-8-6-4-2/h13-14,31,34H,3-12,15-30H2,1-2H3/b14-13-. The van der Waals surface area contributed by atoms with E-state index in [1.807, 2.05) is 0 Å². The van der Waals surface area contributed by atoms with Crippen LogP contribution in [0.2, 0.25) is 0 Å². The molecular formula is C33H62O5. The third-order valence-corrected chi connectivity index (χ3v) is 7.06. The maximum absolute atomic E-state index is 12.0. The van der Waals surface area contributed by atoms with Crippen molar-refractivity contribution in [2.45, 2.75) is 174 Å². The molecule has 1 unspecified atom stereocenters. The molecule has 0 aliphatic rings. The molecule has 0 rings (SSSR count). The number of aliphatic hydroxyl groups is 1. The first-order chi connectivity index (χ1) is 18.6. The lowest BCUT2D eigenvalue weighted by atomic mass is 10.1. The van der Waals surface area contributed by atoms with Crippen LogP contribution >= 0.6 is 0 Å². The monoisotopic (exact) mass is 538 g/mol. The van der Waals surface area contributed by atoms with E-state index in [9.17, 15) is 14.7 Å². The van der Waals surface area contributed by atoms with Crippen molar-refractivity contribution in [2.75, 3.05) is 13.2 Å². The number of hydrogen-bond donors (Lipinski definition) is 1. The Morgan fingerprint density at radius 2 is 0.974 bits per heavy atom. The Morgan fingerprint density at radius 1 is 0.579 bits per heavy atom. The normalized spacial score (nSPS) is 12.2. The highest BCUT2D eigenvalue weighted by molar-refractivity contribution is 5.70. The Morgan fingerprint density at radius 3 is 1.42 bits per heavy atom. The second-order valence-corrected chi connectivity index (χ2v) is 10.9. The first-order valence-corrected chi connectivity index (χ1v) is 16.2. The Balaban J connectivity index is 3.49. The summed E-state index contributed by atoms with van der Waals surface area (Å²) in [5.41, 5.74) is 0. The van der Waals surface area contributed by atoms with E-state index in [1.165, 1.54) is 103 Å². The van der Waals surface area contributed by atoms with Crippen LogP contribution in [0.3, 0.4) is 0 Å². The number of ether oxygens (including phenoxy) is 2. The minimum atomic E-state index is -0.762. The zero-order chi connectivity index (χ0) is 27.9. The SMILES string of the molecule is CCCCCCCC/C=C\CCCCCCCCCCCC(=O)OC(CO)COC(=O)CCCCCCC. The van der Waals surface area contributed by atoms with Gasteiger partial charge in [-0.3, -0.25) is 9.59 Å². The molecule has 38 heavy (non-hydrogen) atoms. The van der Waals surface area contributed by atoms with Gasteiger partial charge in [0.1, 0.15) is 6.61 Å². The molecule has 1 N–H and O–H groups in total. The maximum Gasteiger partial charge on any atom is 0.306 e. The van der Waals surface area contributed by atoms with Gasteiger partial charge in [0.25, 0.3) is 0 Å². The molecule has 0 heterocycles. The number of carbonyl (C=O) groups excluding carboxylic acids is 2. The highest BCUT2D eigenvalue weighted by Gasteiger charge is 2.16. The number of hydrogen-bond acceptors (Lipinski definition) is 5. The van der Waals surface area contributed by atoms with Gasteiger partial charge < -0.3 is 14.6 Å². The molecule has 0 fully saturated rings. The number of rotatable bonds is 29. The van der Waals surface area contributed by atoms with Crippen molar-refractivity contribution in [3.63, 3.8) is 0 Å². The molecule has 224 valence electrons. The highest BCUT2D eigenvalue weighted by atomic mass is 16.6. The summed E-state index contributed by atoms with van der Waals surface area (Å²) in [4.78, 5) is 23.8. The van der Waals surface area contributed by atoms with Gasteiger partial charge in [-0.25, -0.2) is 0 Å². The summed E-state index contributed by atoms with van der Waals surface area (Å²) >= 11 is 0. The van der Waals surface area contributed by atoms with E-state index in [1.54, 1.807) is 0 Å². The number of esters is 2. The van der Waals surface area contributed by atoms with Gasteiger partial charge in [-0.05, 0) is 38.5 Å². The van der Waals surface area contributed by atoms with E-state index in [2.05, 4.69) is 26.0 Å². The Bertz CT molecular complexity index is 546. The lowest BCUT2D eigenvalue weighted by Gasteiger charge is -2.15. The Kier molecular flexibility index (Phi) is 29.1. The van der Waals surface area contributed by atoms with Gasteiger partial charge in [0.2, 0.25) is 0 Å². The fourth-order valence-electron chi connectivity index (χ4n) is 4.55. The van der Waals surface area contributed by atoms with Gasteiger partial charge in [0.05, 0.1) is 6.61 Å². The summed E-state index contributed by atoms with van der Waals surface area (Å²) in [7, 11) is 0. The van der Waals surface area contributed by atoms with Gasteiger partial charge in [0, 0.05) is 12.8 Å². The Labute approximate surface area is 235 Å². The summed E-state index contributed by atoms with van der Waals surface area (Å²) in [6.45, 7) is 4.03. The molecular weight excluding hydrogens is 476 g/mol. The first-order valence-electron chi connectivity index (χ1n) is 16.2. The summed E-state index contributed by atoms with van der Waals surface area (Å²) < 4.78 is 10.4. The second-order valence-electron chi connectivity index (χ2n) is 10.9.